The van der Waals surface area contributed by atoms with Crippen LogP contribution >= 0.6 is 12.2 Å². The average Bonchev–Trinajstić information content (AvgIpc) is 2.47. The Morgan fingerprint density at radius 3 is 2.71 bits per heavy atom. The van der Waals surface area contributed by atoms with Gasteiger partial charge in [0.25, 0.3) is 5.91 Å². The molecule has 0 saturated heterocycles. The molecule has 1 aromatic carbocycles. The van der Waals surface area contributed by atoms with Crippen LogP contribution in [0.1, 0.15) is 21.7 Å². The van der Waals surface area contributed by atoms with Gasteiger partial charge in [-0.3, -0.25) is 4.79 Å². The lowest BCUT2D eigenvalue weighted by molar-refractivity contribution is 0.102. The Bertz CT molecular complexity index is 701. The van der Waals surface area contributed by atoms with Crippen LogP contribution < -0.4 is 15.8 Å². The van der Waals surface area contributed by atoms with Crippen molar-refractivity contribution < 1.29 is 9.53 Å². The van der Waals surface area contributed by atoms with Gasteiger partial charge in [0.15, 0.2) is 0 Å². The van der Waals surface area contributed by atoms with Crippen molar-refractivity contribution in [1.29, 1.82) is 0 Å². The number of aromatic nitrogens is 1. The number of carbonyl (C=O) groups excluding carboxylic acids is 1. The number of thiocarbonyl (C=S) groups is 1. The highest BCUT2D eigenvalue weighted by Gasteiger charge is 2.12. The summed E-state index contributed by atoms with van der Waals surface area (Å²) < 4.78 is 5.25. The summed E-state index contributed by atoms with van der Waals surface area (Å²) in [5.74, 6) is 0.182. The summed E-state index contributed by atoms with van der Waals surface area (Å²) >= 11 is 4.92. The van der Waals surface area contributed by atoms with E-state index in [2.05, 4.69) is 10.3 Å². The third-order valence-corrected chi connectivity index (χ3v) is 3.09. The summed E-state index contributed by atoms with van der Waals surface area (Å²) in [6.45, 7) is 1.83. The lowest BCUT2D eigenvalue weighted by atomic mass is 10.2. The smallest absolute Gasteiger partial charge is 0.274 e. The first-order valence-corrected chi connectivity index (χ1v) is 6.65. The van der Waals surface area contributed by atoms with Crippen LogP contribution in [0.25, 0.3) is 0 Å². The van der Waals surface area contributed by atoms with Crippen molar-refractivity contribution in [2.75, 3.05) is 12.4 Å². The minimum Gasteiger partial charge on any atom is -0.495 e. The number of pyridine rings is 1. The van der Waals surface area contributed by atoms with Crippen LogP contribution in [0.15, 0.2) is 36.4 Å². The molecule has 0 bridgehead atoms. The number of nitrogens with one attached hydrogen (secondary N) is 1. The molecule has 1 amide bonds. The maximum Gasteiger partial charge on any atom is 0.274 e. The van der Waals surface area contributed by atoms with Gasteiger partial charge in [0.05, 0.1) is 12.8 Å². The summed E-state index contributed by atoms with van der Waals surface area (Å²) in [5.41, 5.74) is 7.90. The number of nitrogens with two attached hydrogens (primary N) is 1. The van der Waals surface area contributed by atoms with Gasteiger partial charge >= 0.3 is 0 Å². The van der Waals surface area contributed by atoms with Crippen LogP contribution in [0.3, 0.4) is 0 Å². The molecule has 0 aliphatic heterocycles. The van der Waals surface area contributed by atoms with Crippen molar-refractivity contribution in [3.05, 3.63) is 53.3 Å². The van der Waals surface area contributed by atoms with Gasteiger partial charge in [0.2, 0.25) is 0 Å². The Morgan fingerprint density at radius 1 is 1.33 bits per heavy atom. The van der Waals surface area contributed by atoms with E-state index in [-0.39, 0.29) is 10.9 Å². The van der Waals surface area contributed by atoms with Crippen LogP contribution in [-0.4, -0.2) is 23.0 Å². The van der Waals surface area contributed by atoms with Gasteiger partial charge in [0.1, 0.15) is 16.4 Å². The summed E-state index contributed by atoms with van der Waals surface area (Å²) in [5, 5.41) is 2.76. The quantitative estimate of drug-likeness (QED) is 0.847. The fourth-order valence-electron chi connectivity index (χ4n) is 1.80. The normalized spacial score (nSPS) is 10.0. The molecule has 6 heteroatoms. The molecule has 1 aromatic heterocycles. The molecule has 0 radical (unpaired) electrons. The molecule has 0 saturated carbocycles. The molecule has 0 fully saturated rings. The molecule has 108 valence electrons. The van der Waals surface area contributed by atoms with E-state index < -0.39 is 0 Å². The van der Waals surface area contributed by atoms with E-state index in [0.29, 0.717) is 22.7 Å². The molecule has 21 heavy (non-hydrogen) atoms. The van der Waals surface area contributed by atoms with E-state index in [4.69, 9.17) is 22.7 Å². The van der Waals surface area contributed by atoms with Crippen molar-refractivity contribution in [2.45, 2.75) is 6.92 Å². The number of amides is 1. The van der Waals surface area contributed by atoms with Crippen LogP contribution in [0.2, 0.25) is 0 Å². The minimum atomic E-state index is -0.305. The summed E-state index contributed by atoms with van der Waals surface area (Å²) in [7, 11) is 1.51. The maximum absolute atomic E-state index is 12.2. The van der Waals surface area contributed by atoms with E-state index >= 15 is 0 Å². The van der Waals surface area contributed by atoms with Gasteiger partial charge in [-0.25, -0.2) is 4.98 Å². The van der Waals surface area contributed by atoms with Gasteiger partial charge in [-0.15, -0.1) is 0 Å². The largest absolute Gasteiger partial charge is 0.495 e. The van der Waals surface area contributed by atoms with Crippen molar-refractivity contribution in [3.8, 4) is 5.75 Å². The fourth-order valence-corrected chi connectivity index (χ4v) is 1.93. The van der Waals surface area contributed by atoms with Gasteiger partial charge in [-0.05, 0) is 37.3 Å². The topological polar surface area (TPSA) is 77.2 Å². The first-order valence-electron chi connectivity index (χ1n) is 6.24. The lowest BCUT2D eigenvalue weighted by Gasteiger charge is -2.11. The number of nitrogens with zero attached hydrogens (tertiary/aromatic N) is 1. The number of benzene rings is 1. The summed E-state index contributed by atoms with van der Waals surface area (Å²) in [6, 6.07) is 10.4. The Morgan fingerprint density at radius 2 is 2.10 bits per heavy atom. The highest BCUT2D eigenvalue weighted by molar-refractivity contribution is 7.80. The van der Waals surface area contributed by atoms with Crippen LogP contribution in [0.5, 0.6) is 5.75 Å². The molecular weight excluding hydrogens is 286 g/mol. The van der Waals surface area contributed by atoms with Crippen LogP contribution in [-0.2, 0) is 0 Å². The first kappa shape index (κ1) is 14.9. The molecule has 1 heterocycles. The molecule has 0 unspecified atom stereocenters. The molecule has 3 N–H and O–H groups in total. The zero-order valence-corrected chi connectivity index (χ0v) is 12.5. The van der Waals surface area contributed by atoms with E-state index in [0.717, 1.165) is 5.69 Å². The number of carbonyl (C=O) groups is 1. The highest BCUT2D eigenvalue weighted by atomic mass is 32.1. The highest BCUT2D eigenvalue weighted by Crippen LogP contribution is 2.26. The molecule has 0 aliphatic carbocycles. The average molecular weight is 301 g/mol. The molecular formula is C15H15N3O2S. The summed E-state index contributed by atoms with van der Waals surface area (Å²) in [6.07, 6.45) is 0. The number of hydrogen-bond acceptors (Lipinski definition) is 4. The first-order chi connectivity index (χ1) is 10.0. The van der Waals surface area contributed by atoms with Gasteiger partial charge in [-0.2, -0.15) is 0 Å². The lowest BCUT2D eigenvalue weighted by Crippen LogP contribution is -2.15. The molecule has 2 rings (SSSR count). The number of ether oxygens (including phenoxy) is 1. The predicted octanol–water partition coefficient (Wildman–Crippen LogP) is 2.29. The van der Waals surface area contributed by atoms with Gasteiger partial charge in [-0.1, -0.05) is 18.3 Å². The van der Waals surface area contributed by atoms with Gasteiger partial charge in [0, 0.05) is 11.3 Å². The second kappa shape index (κ2) is 6.32. The molecule has 0 atom stereocenters. The number of hydrogen-bond donors (Lipinski definition) is 2. The maximum atomic E-state index is 12.2. The number of aryl methyl sites for hydroxylation is 1. The minimum absolute atomic E-state index is 0.270. The van der Waals surface area contributed by atoms with Crippen LogP contribution in [0.4, 0.5) is 5.69 Å². The number of methoxy groups -OCH3 is 1. The monoisotopic (exact) mass is 301 g/mol. The molecule has 0 aliphatic rings. The summed E-state index contributed by atoms with van der Waals surface area (Å²) in [4.78, 5) is 16.6. The molecule has 2 aromatic rings. The predicted molar refractivity (Wildman–Crippen MR) is 85.8 cm³/mol. The van der Waals surface area contributed by atoms with Gasteiger partial charge < -0.3 is 15.8 Å². The number of rotatable bonds is 4. The van der Waals surface area contributed by atoms with E-state index in [1.165, 1.54) is 7.11 Å². The third kappa shape index (κ3) is 3.55. The van der Waals surface area contributed by atoms with Crippen LogP contribution in [0, 0.1) is 6.92 Å². The van der Waals surface area contributed by atoms with Crippen molar-refractivity contribution in [3.63, 3.8) is 0 Å². The van der Waals surface area contributed by atoms with E-state index in [1.54, 1.807) is 30.3 Å². The Labute approximate surface area is 128 Å². The number of anilines is 1. The Kier molecular flexibility index (Phi) is 4.49. The second-order valence-corrected chi connectivity index (χ2v) is 4.84. The van der Waals surface area contributed by atoms with Crippen molar-refractivity contribution in [2.24, 2.45) is 5.73 Å². The van der Waals surface area contributed by atoms with Crippen molar-refractivity contribution in [1.82, 2.24) is 4.98 Å². The molecule has 0 spiro atoms. The standard InChI is InChI=1S/C15H15N3O2S/c1-9-4-3-5-12(17-9)15(19)18-11-7-6-10(14(16)21)8-13(11)20-2/h3-8H,1-2H3,(H2,16,21)(H,18,19). The second-order valence-electron chi connectivity index (χ2n) is 4.40. The Hall–Kier alpha value is -2.47. The molecule has 5 nitrogen and oxygen atoms in total. The Balaban J connectivity index is 2.27. The van der Waals surface area contributed by atoms with Crippen molar-refractivity contribution >= 4 is 28.8 Å². The fraction of sp³-hybridized carbons (Fsp3) is 0.133. The zero-order valence-electron chi connectivity index (χ0n) is 11.7. The third-order valence-electron chi connectivity index (χ3n) is 2.86. The zero-order chi connectivity index (χ0) is 15.4. The SMILES string of the molecule is COc1cc(C(N)=S)ccc1NC(=O)c1cccc(C)n1. The van der Waals surface area contributed by atoms with E-state index in [9.17, 15) is 4.79 Å². The van der Waals surface area contributed by atoms with E-state index in [1.807, 2.05) is 13.0 Å².